The van der Waals surface area contributed by atoms with E-state index in [0.717, 1.165) is 11.1 Å². The minimum atomic E-state index is 0.549. The van der Waals surface area contributed by atoms with Gasteiger partial charge in [-0.25, -0.2) is 0 Å². The van der Waals surface area contributed by atoms with Crippen molar-refractivity contribution in [2.75, 3.05) is 11.5 Å². The summed E-state index contributed by atoms with van der Waals surface area (Å²) in [5.41, 5.74) is 14.4. The molecular weight excluding hydrogens is 267 g/mol. The molecule has 0 saturated carbocycles. The van der Waals surface area contributed by atoms with Gasteiger partial charge in [0.05, 0.1) is 21.4 Å². The van der Waals surface area contributed by atoms with Crippen molar-refractivity contribution in [3.63, 3.8) is 0 Å². The molecule has 2 nitrogen and oxygen atoms in total. The topological polar surface area (TPSA) is 52.0 Å². The molecule has 92 valence electrons. The first-order valence-corrected chi connectivity index (χ1v) is 6.10. The smallest absolute Gasteiger partial charge is 0.0641 e. The van der Waals surface area contributed by atoms with Crippen LogP contribution in [0.25, 0.3) is 12.2 Å². The molecule has 2 aromatic carbocycles. The second-order valence-corrected chi connectivity index (χ2v) is 4.71. The molecule has 0 unspecified atom stereocenters. The number of nitrogen functional groups attached to an aromatic ring is 2. The lowest BCUT2D eigenvalue weighted by Crippen LogP contribution is -1.86. The molecule has 4 heteroatoms. The third kappa shape index (κ3) is 2.97. The summed E-state index contributed by atoms with van der Waals surface area (Å²) in [6.07, 6.45) is 3.88. The minimum Gasteiger partial charge on any atom is -0.398 e. The molecule has 0 aromatic heterocycles. The lowest BCUT2D eigenvalue weighted by molar-refractivity contribution is 1.63. The predicted molar refractivity (Wildman–Crippen MR) is 80.7 cm³/mol. The van der Waals surface area contributed by atoms with E-state index in [0.29, 0.717) is 21.4 Å². The quantitative estimate of drug-likeness (QED) is 0.635. The van der Waals surface area contributed by atoms with Crippen LogP contribution in [-0.4, -0.2) is 0 Å². The van der Waals surface area contributed by atoms with E-state index in [1.807, 2.05) is 36.4 Å². The molecule has 0 radical (unpaired) electrons. The van der Waals surface area contributed by atoms with E-state index in [1.165, 1.54) is 0 Å². The van der Waals surface area contributed by atoms with Crippen LogP contribution in [0.1, 0.15) is 11.1 Å². The molecule has 0 aliphatic heterocycles. The summed E-state index contributed by atoms with van der Waals surface area (Å²) >= 11 is 11.9. The van der Waals surface area contributed by atoms with Crippen LogP contribution in [0, 0.1) is 0 Å². The fourth-order valence-electron chi connectivity index (χ4n) is 1.49. The van der Waals surface area contributed by atoms with Gasteiger partial charge in [-0.2, -0.15) is 0 Å². The van der Waals surface area contributed by atoms with Gasteiger partial charge in [-0.05, 0) is 35.4 Å². The normalized spacial score (nSPS) is 11.0. The van der Waals surface area contributed by atoms with Crippen LogP contribution in [-0.2, 0) is 0 Å². The Morgan fingerprint density at radius 2 is 1.11 bits per heavy atom. The van der Waals surface area contributed by atoms with E-state index in [2.05, 4.69) is 0 Å². The molecule has 0 bridgehead atoms. The minimum absolute atomic E-state index is 0.549. The second kappa shape index (κ2) is 5.34. The molecule has 0 amide bonds. The molecule has 2 rings (SSSR count). The van der Waals surface area contributed by atoms with Crippen molar-refractivity contribution < 1.29 is 0 Å². The van der Waals surface area contributed by atoms with Crippen LogP contribution in [0.15, 0.2) is 36.4 Å². The van der Waals surface area contributed by atoms with Gasteiger partial charge < -0.3 is 11.5 Å². The van der Waals surface area contributed by atoms with Gasteiger partial charge in [0.2, 0.25) is 0 Å². The fraction of sp³-hybridized carbons (Fsp3) is 0. The Labute approximate surface area is 116 Å². The van der Waals surface area contributed by atoms with Gasteiger partial charge in [0.25, 0.3) is 0 Å². The van der Waals surface area contributed by atoms with E-state index in [1.54, 1.807) is 12.1 Å². The van der Waals surface area contributed by atoms with Crippen molar-refractivity contribution in [1.82, 2.24) is 0 Å². The lowest BCUT2D eigenvalue weighted by Gasteiger charge is -2.01. The van der Waals surface area contributed by atoms with Gasteiger partial charge in [-0.15, -0.1) is 0 Å². The zero-order chi connectivity index (χ0) is 13.1. The number of benzene rings is 2. The van der Waals surface area contributed by atoms with Crippen molar-refractivity contribution in [3.05, 3.63) is 57.6 Å². The molecule has 0 aliphatic rings. The Kier molecular flexibility index (Phi) is 3.80. The molecule has 0 fully saturated rings. The van der Waals surface area contributed by atoms with E-state index in [4.69, 9.17) is 34.7 Å². The van der Waals surface area contributed by atoms with Gasteiger partial charge in [-0.1, -0.05) is 47.5 Å². The average Bonchev–Trinajstić information content (AvgIpc) is 2.35. The van der Waals surface area contributed by atoms with Crippen LogP contribution in [0.5, 0.6) is 0 Å². The molecule has 0 aliphatic carbocycles. The summed E-state index contributed by atoms with van der Waals surface area (Å²) in [5, 5.41) is 1.10. The number of halogens is 2. The Hall–Kier alpha value is -1.64. The summed E-state index contributed by atoms with van der Waals surface area (Å²) in [7, 11) is 0. The average molecular weight is 279 g/mol. The second-order valence-electron chi connectivity index (χ2n) is 3.90. The predicted octanol–water partition coefficient (Wildman–Crippen LogP) is 4.33. The Balaban J connectivity index is 2.24. The molecule has 0 atom stereocenters. The highest BCUT2D eigenvalue weighted by Gasteiger charge is 1.97. The van der Waals surface area contributed by atoms with E-state index in [9.17, 15) is 0 Å². The standard InChI is InChI=1S/C14H12Cl2N2/c15-11-7-9(3-5-13(11)17)1-2-10-4-6-14(18)12(16)8-10/h1-8H,17-18H2. The maximum Gasteiger partial charge on any atom is 0.0641 e. The molecule has 0 heterocycles. The molecule has 0 spiro atoms. The third-order valence-corrected chi connectivity index (χ3v) is 3.17. The number of hydrogen-bond acceptors (Lipinski definition) is 2. The Morgan fingerprint density at radius 1 is 0.722 bits per heavy atom. The Bertz CT molecular complexity index is 553. The van der Waals surface area contributed by atoms with Gasteiger partial charge in [0.1, 0.15) is 0 Å². The molecular formula is C14H12Cl2N2. The van der Waals surface area contributed by atoms with Crippen molar-refractivity contribution in [3.8, 4) is 0 Å². The molecule has 18 heavy (non-hydrogen) atoms. The van der Waals surface area contributed by atoms with Crippen molar-refractivity contribution in [2.45, 2.75) is 0 Å². The summed E-state index contributed by atoms with van der Waals surface area (Å²) in [4.78, 5) is 0. The maximum atomic E-state index is 5.95. The Morgan fingerprint density at radius 3 is 1.44 bits per heavy atom. The molecule has 4 N–H and O–H groups in total. The summed E-state index contributed by atoms with van der Waals surface area (Å²) in [6.45, 7) is 0. The fourth-order valence-corrected chi connectivity index (χ4v) is 1.86. The van der Waals surface area contributed by atoms with Gasteiger partial charge in [0, 0.05) is 0 Å². The molecule has 0 saturated heterocycles. The summed E-state index contributed by atoms with van der Waals surface area (Å²) < 4.78 is 0. The van der Waals surface area contributed by atoms with Crippen molar-refractivity contribution in [1.29, 1.82) is 0 Å². The summed E-state index contributed by atoms with van der Waals surface area (Å²) in [5.74, 6) is 0. The SMILES string of the molecule is Nc1ccc(C=Cc2ccc(N)c(Cl)c2)cc1Cl. The highest BCUT2D eigenvalue weighted by Crippen LogP contribution is 2.23. The first-order chi connectivity index (χ1) is 8.56. The maximum absolute atomic E-state index is 5.95. The van der Waals surface area contributed by atoms with E-state index in [-0.39, 0.29) is 0 Å². The number of nitrogens with two attached hydrogens (primary N) is 2. The van der Waals surface area contributed by atoms with Crippen LogP contribution in [0.4, 0.5) is 11.4 Å². The monoisotopic (exact) mass is 278 g/mol. The van der Waals surface area contributed by atoms with Crippen LogP contribution < -0.4 is 11.5 Å². The van der Waals surface area contributed by atoms with Crippen molar-refractivity contribution >= 4 is 46.7 Å². The lowest BCUT2D eigenvalue weighted by atomic mass is 10.1. The van der Waals surface area contributed by atoms with Crippen LogP contribution >= 0.6 is 23.2 Å². The zero-order valence-electron chi connectivity index (χ0n) is 9.53. The summed E-state index contributed by atoms with van der Waals surface area (Å²) in [6, 6.07) is 11.0. The highest BCUT2D eigenvalue weighted by molar-refractivity contribution is 6.33. The molecule has 2 aromatic rings. The largest absolute Gasteiger partial charge is 0.398 e. The van der Waals surface area contributed by atoms with E-state index < -0.39 is 0 Å². The third-order valence-electron chi connectivity index (χ3n) is 2.52. The zero-order valence-corrected chi connectivity index (χ0v) is 11.0. The van der Waals surface area contributed by atoms with Crippen LogP contribution in [0.3, 0.4) is 0 Å². The van der Waals surface area contributed by atoms with Gasteiger partial charge in [-0.3, -0.25) is 0 Å². The van der Waals surface area contributed by atoms with Crippen LogP contribution in [0.2, 0.25) is 10.0 Å². The van der Waals surface area contributed by atoms with Crippen molar-refractivity contribution in [2.24, 2.45) is 0 Å². The van der Waals surface area contributed by atoms with Gasteiger partial charge in [0.15, 0.2) is 0 Å². The first-order valence-electron chi connectivity index (χ1n) is 5.34. The van der Waals surface area contributed by atoms with E-state index >= 15 is 0 Å². The van der Waals surface area contributed by atoms with Gasteiger partial charge >= 0.3 is 0 Å². The number of anilines is 2. The highest BCUT2D eigenvalue weighted by atomic mass is 35.5. The first kappa shape index (κ1) is 12.8. The number of rotatable bonds is 2. The number of hydrogen-bond donors (Lipinski definition) is 2.